The molecule has 0 aromatic carbocycles. The smallest absolute Gasteiger partial charge is 0.409 e. The minimum absolute atomic E-state index is 0.121. The van der Waals surface area contributed by atoms with Crippen LogP contribution in [0.5, 0.6) is 0 Å². The second kappa shape index (κ2) is 7.46. The zero-order valence-electron chi connectivity index (χ0n) is 14.7. The predicted molar refractivity (Wildman–Crippen MR) is 89.9 cm³/mol. The molecule has 24 heavy (non-hydrogen) atoms. The van der Waals surface area contributed by atoms with E-state index in [0.717, 1.165) is 0 Å². The van der Waals surface area contributed by atoms with E-state index in [1.54, 1.807) is 22.9 Å². The van der Waals surface area contributed by atoms with E-state index in [-0.39, 0.29) is 17.5 Å². The summed E-state index contributed by atoms with van der Waals surface area (Å²) in [6.07, 6.45) is 2.71. The Morgan fingerprint density at radius 1 is 1.12 bits per heavy atom. The van der Waals surface area contributed by atoms with Crippen LogP contribution in [0.4, 0.5) is 10.6 Å². The molecule has 8 nitrogen and oxygen atoms in total. The first-order valence-electron chi connectivity index (χ1n) is 8.11. The quantitative estimate of drug-likeness (QED) is 0.903. The summed E-state index contributed by atoms with van der Waals surface area (Å²) in [5, 5.41) is 3.20. The van der Waals surface area contributed by atoms with Crippen molar-refractivity contribution in [1.82, 2.24) is 19.8 Å². The zero-order chi connectivity index (χ0) is 17.7. The van der Waals surface area contributed by atoms with Crippen LogP contribution in [0.3, 0.4) is 0 Å². The van der Waals surface area contributed by atoms with Crippen molar-refractivity contribution in [3.05, 3.63) is 18.1 Å². The maximum atomic E-state index is 12.5. The molecule has 0 radical (unpaired) electrons. The van der Waals surface area contributed by atoms with Gasteiger partial charge in [-0.2, -0.15) is 0 Å². The number of nitrogens with zero attached hydrogens (tertiary/aromatic N) is 4. The van der Waals surface area contributed by atoms with E-state index in [4.69, 9.17) is 4.74 Å². The summed E-state index contributed by atoms with van der Waals surface area (Å²) in [6, 6.07) is 0. The molecule has 0 unspecified atom stereocenters. The maximum absolute atomic E-state index is 12.5. The Labute approximate surface area is 142 Å². The van der Waals surface area contributed by atoms with Gasteiger partial charge in [-0.25, -0.2) is 14.8 Å². The van der Waals surface area contributed by atoms with Crippen LogP contribution in [-0.2, 0) is 4.74 Å². The van der Waals surface area contributed by atoms with E-state index < -0.39 is 0 Å². The molecule has 0 spiro atoms. The third-order valence-electron chi connectivity index (χ3n) is 3.47. The minimum Gasteiger partial charge on any atom is -0.450 e. The van der Waals surface area contributed by atoms with Gasteiger partial charge in [0.05, 0.1) is 19.0 Å². The molecular weight excluding hydrogens is 310 g/mol. The van der Waals surface area contributed by atoms with Gasteiger partial charge in [-0.3, -0.25) is 4.79 Å². The van der Waals surface area contributed by atoms with E-state index in [2.05, 4.69) is 15.3 Å². The molecule has 0 saturated carbocycles. The first-order valence-corrected chi connectivity index (χ1v) is 8.11. The third-order valence-corrected chi connectivity index (χ3v) is 3.47. The van der Waals surface area contributed by atoms with Crippen LogP contribution < -0.4 is 5.32 Å². The molecule has 0 atom stereocenters. The second-order valence-corrected chi connectivity index (χ2v) is 6.64. The predicted octanol–water partition coefficient (Wildman–Crippen LogP) is 1.60. The van der Waals surface area contributed by atoms with Gasteiger partial charge in [0.1, 0.15) is 11.5 Å². The molecule has 1 aromatic heterocycles. The number of amides is 2. The molecule has 2 amide bonds. The monoisotopic (exact) mass is 335 g/mol. The van der Waals surface area contributed by atoms with Gasteiger partial charge in [0.15, 0.2) is 0 Å². The number of hydrogen-bond acceptors (Lipinski definition) is 6. The van der Waals surface area contributed by atoms with Crippen molar-refractivity contribution >= 4 is 17.8 Å². The zero-order valence-corrected chi connectivity index (χ0v) is 14.7. The lowest BCUT2D eigenvalue weighted by Crippen LogP contribution is -2.50. The van der Waals surface area contributed by atoms with Crippen molar-refractivity contribution in [3.63, 3.8) is 0 Å². The fourth-order valence-electron chi connectivity index (χ4n) is 2.36. The lowest BCUT2D eigenvalue weighted by Gasteiger charge is -2.33. The Balaban J connectivity index is 1.92. The average Bonchev–Trinajstić information content (AvgIpc) is 2.54. The van der Waals surface area contributed by atoms with Crippen molar-refractivity contribution < 1.29 is 14.3 Å². The summed E-state index contributed by atoms with van der Waals surface area (Å²) >= 11 is 0. The number of aromatic nitrogens is 2. The average molecular weight is 335 g/mol. The van der Waals surface area contributed by atoms with Crippen LogP contribution in [0.2, 0.25) is 0 Å². The first-order chi connectivity index (χ1) is 11.3. The van der Waals surface area contributed by atoms with Gasteiger partial charge in [0.25, 0.3) is 5.91 Å². The standard InChI is InChI=1S/C16H25N5O3/c1-5-24-15(23)21-8-6-20(7-9-21)14(22)12-10-18-13(11-17-12)19-16(2,3)4/h10-11H,5-9H2,1-4H3,(H,18,19). The van der Waals surface area contributed by atoms with Gasteiger partial charge in [0.2, 0.25) is 0 Å². The molecule has 8 heteroatoms. The number of carbonyl (C=O) groups is 2. The van der Waals surface area contributed by atoms with Crippen molar-refractivity contribution in [1.29, 1.82) is 0 Å². The van der Waals surface area contributed by atoms with Crippen molar-refractivity contribution in [3.8, 4) is 0 Å². The van der Waals surface area contributed by atoms with Crippen LogP contribution in [0, 0.1) is 0 Å². The molecule has 0 bridgehead atoms. The fourth-order valence-corrected chi connectivity index (χ4v) is 2.36. The highest BCUT2D eigenvalue weighted by molar-refractivity contribution is 5.92. The molecule has 2 heterocycles. The lowest BCUT2D eigenvalue weighted by molar-refractivity contribution is 0.0565. The molecule has 2 rings (SSSR count). The number of nitrogens with one attached hydrogen (secondary N) is 1. The minimum atomic E-state index is -0.331. The largest absolute Gasteiger partial charge is 0.450 e. The molecule has 1 fully saturated rings. The van der Waals surface area contributed by atoms with Crippen molar-refractivity contribution in [2.75, 3.05) is 38.1 Å². The van der Waals surface area contributed by atoms with Gasteiger partial charge < -0.3 is 19.9 Å². The van der Waals surface area contributed by atoms with E-state index in [1.807, 2.05) is 20.8 Å². The van der Waals surface area contributed by atoms with Crippen molar-refractivity contribution in [2.24, 2.45) is 0 Å². The highest BCUT2D eigenvalue weighted by Crippen LogP contribution is 2.12. The molecule has 1 saturated heterocycles. The molecule has 1 aromatic rings. The summed E-state index contributed by atoms with van der Waals surface area (Å²) in [5.41, 5.74) is 0.183. The Morgan fingerprint density at radius 2 is 1.75 bits per heavy atom. The van der Waals surface area contributed by atoms with E-state index in [9.17, 15) is 9.59 Å². The molecule has 0 aliphatic carbocycles. The fraction of sp³-hybridized carbons (Fsp3) is 0.625. The molecule has 1 N–H and O–H groups in total. The Kier molecular flexibility index (Phi) is 5.58. The summed E-state index contributed by atoms with van der Waals surface area (Å²) in [4.78, 5) is 35.9. The van der Waals surface area contributed by atoms with E-state index in [1.165, 1.54) is 6.20 Å². The number of anilines is 1. The summed E-state index contributed by atoms with van der Waals surface area (Å²) in [6.45, 7) is 10.0. The maximum Gasteiger partial charge on any atom is 0.409 e. The van der Waals surface area contributed by atoms with Crippen LogP contribution in [0.25, 0.3) is 0 Å². The molecule has 1 aliphatic heterocycles. The Hall–Kier alpha value is -2.38. The van der Waals surface area contributed by atoms with Crippen LogP contribution in [0.1, 0.15) is 38.2 Å². The lowest BCUT2D eigenvalue weighted by atomic mass is 10.1. The summed E-state index contributed by atoms with van der Waals surface area (Å²) in [5.74, 6) is 0.458. The highest BCUT2D eigenvalue weighted by Gasteiger charge is 2.26. The van der Waals surface area contributed by atoms with Crippen LogP contribution in [-0.4, -0.2) is 70.1 Å². The van der Waals surface area contributed by atoms with Gasteiger partial charge in [0, 0.05) is 31.7 Å². The normalized spacial score (nSPS) is 15.2. The number of rotatable bonds is 3. The first kappa shape index (κ1) is 18.0. The Bertz CT molecular complexity index is 574. The van der Waals surface area contributed by atoms with Gasteiger partial charge in [-0.05, 0) is 27.7 Å². The molecular formula is C16H25N5O3. The third kappa shape index (κ3) is 4.81. The topological polar surface area (TPSA) is 87.7 Å². The molecule has 132 valence electrons. The van der Waals surface area contributed by atoms with Gasteiger partial charge in [-0.1, -0.05) is 0 Å². The highest BCUT2D eigenvalue weighted by atomic mass is 16.6. The SMILES string of the molecule is CCOC(=O)N1CCN(C(=O)c2cnc(NC(C)(C)C)cn2)CC1. The number of ether oxygens (including phenoxy) is 1. The van der Waals surface area contributed by atoms with Gasteiger partial charge >= 0.3 is 6.09 Å². The number of hydrogen-bond donors (Lipinski definition) is 1. The van der Waals surface area contributed by atoms with Crippen molar-refractivity contribution in [2.45, 2.75) is 33.2 Å². The molecule has 1 aliphatic rings. The van der Waals surface area contributed by atoms with E-state index >= 15 is 0 Å². The summed E-state index contributed by atoms with van der Waals surface area (Å²) in [7, 11) is 0. The van der Waals surface area contributed by atoms with Gasteiger partial charge in [-0.15, -0.1) is 0 Å². The number of piperazine rings is 1. The second-order valence-electron chi connectivity index (χ2n) is 6.64. The number of carbonyl (C=O) groups excluding carboxylic acids is 2. The van der Waals surface area contributed by atoms with Crippen LogP contribution in [0.15, 0.2) is 12.4 Å². The van der Waals surface area contributed by atoms with Crippen LogP contribution >= 0.6 is 0 Å². The van der Waals surface area contributed by atoms with E-state index in [0.29, 0.717) is 44.3 Å². The Morgan fingerprint density at radius 3 is 2.25 bits per heavy atom. The summed E-state index contributed by atoms with van der Waals surface area (Å²) < 4.78 is 4.97.